The summed E-state index contributed by atoms with van der Waals surface area (Å²) in [6.07, 6.45) is 1.51. The Bertz CT molecular complexity index is 980. The van der Waals surface area contributed by atoms with Crippen LogP contribution in [0.5, 0.6) is 17.2 Å². The molecular formula is C22H23NO6. The number of carbonyl (C=O) groups is 2. The number of fused-ring (bicyclic) bond motifs is 1. The van der Waals surface area contributed by atoms with Crippen LogP contribution < -0.4 is 19.5 Å². The van der Waals surface area contributed by atoms with Gasteiger partial charge in [0.15, 0.2) is 11.5 Å². The lowest BCUT2D eigenvalue weighted by Gasteiger charge is -2.22. The lowest BCUT2D eigenvalue weighted by atomic mass is 9.95. The molecule has 1 N–H and O–H groups in total. The molecule has 7 nitrogen and oxygen atoms in total. The maximum absolute atomic E-state index is 12.1. The number of nitrogens with one attached hydrogen (secondary N) is 1. The average molecular weight is 397 g/mol. The van der Waals surface area contributed by atoms with Crippen LogP contribution >= 0.6 is 0 Å². The lowest BCUT2D eigenvalue weighted by molar-refractivity contribution is -0.150. The number of benzene rings is 2. The Labute approximate surface area is 168 Å². The van der Waals surface area contributed by atoms with Crippen LogP contribution in [0.1, 0.15) is 35.7 Å². The molecule has 0 atom stereocenters. The van der Waals surface area contributed by atoms with Crippen LogP contribution in [0.25, 0.3) is 11.1 Å². The number of methoxy groups -OCH3 is 2. The molecule has 1 amide bonds. The molecule has 0 spiro atoms. The molecule has 0 radical (unpaired) electrons. The molecule has 2 aromatic carbocycles. The van der Waals surface area contributed by atoms with Crippen molar-refractivity contribution in [2.75, 3.05) is 20.8 Å². The van der Waals surface area contributed by atoms with Crippen molar-refractivity contribution >= 4 is 11.9 Å². The van der Waals surface area contributed by atoms with Crippen molar-refractivity contribution in [2.45, 2.75) is 31.9 Å². The number of amides is 1. The lowest BCUT2D eigenvalue weighted by Crippen LogP contribution is -2.26. The van der Waals surface area contributed by atoms with Crippen LogP contribution in [0.2, 0.25) is 0 Å². The SMILES string of the molecule is COc1ccc(-c2cccc3c2CNC3=O)c(OCC2(OC(C)=O)CC2)c1OC. The molecule has 152 valence electrons. The first-order valence-corrected chi connectivity index (χ1v) is 9.46. The van der Waals surface area contributed by atoms with Gasteiger partial charge in [0.1, 0.15) is 12.2 Å². The van der Waals surface area contributed by atoms with Gasteiger partial charge in [-0.2, -0.15) is 0 Å². The molecular weight excluding hydrogens is 374 g/mol. The third kappa shape index (κ3) is 3.48. The predicted octanol–water partition coefficient (Wildman–Crippen LogP) is 3.09. The Morgan fingerprint density at radius 3 is 2.45 bits per heavy atom. The molecule has 1 saturated carbocycles. The van der Waals surface area contributed by atoms with E-state index in [1.807, 2.05) is 30.3 Å². The third-order valence-electron chi connectivity index (χ3n) is 5.28. The molecule has 2 aliphatic rings. The number of hydrogen-bond donors (Lipinski definition) is 1. The van der Waals surface area contributed by atoms with Gasteiger partial charge in [0.25, 0.3) is 5.91 Å². The second kappa shape index (κ2) is 7.31. The highest BCUT2D eigenvalue weighted by atomic mass is 16.6. The Hall–Kier alpha value is -3.22. The molecule has 4 rings (SSSR count). The normalized spacial score (nSPS) is 15.9. The van der Waals surface area contributed by atoms with E-state index in [4.69, 9.17) is 18.9 Å². The first-order valence-electron chi connectivity index (χ1n) is 9.46. The third-order valence-corrected chi connectivity index (χ3v) is 5.28. The first kappa shape index (κ1) is 19.1. The summed E-state index contributed by atoms with van der Waals surface area (Å²) < 4.78 is 22.7. The Kier molecular flexibility index (Phi) is 4.82. The number of ether oxygens (including phenoxy) is 4. The fourth-order valence-corrected chi connectivity index (χ4v) is 3.68. The van der Waals surface area contributed by atoms with Crippen LogP contribution in [-0.4, -0.2) is 38.3 Å². The second-order valence-corrected chi connectivity index (χ2v) is 7.26. The smallest absolute Gasteiger partial charge is 0.303 e. The van der Waals surface area contributed by atoms with Gasteiger partial charge in [-0.05, 0) is 42.2 Å². The average Bonchev–Trinajstić information content (AvgIpc) is 3.37. The Morgan fingerprint density at radius 1 is 1.03 bits per heavy atom. The molecule has 0 unspecified atom stereocenters. The first-order chi connectivity index (χ1) is 14.0. The van der Waals surface area contributed by atoms with Gasteiger partial charge in [0, 0.05) is 24.6 Å². The van der Waals surface area contributed by atoms with E-state index >= 15 is 0 Å². The van der Waals surface area contributed by atoms with E-state index in [1.165, 1.54) is 6.92 Å². The highest BCUT2D eigenvalue weighted by molar-refractivity contribution is 6.01. The summed E-state index contributed by atoms with van der Waals surface area (Å²) in [5.74, 6) is 1.08. The molecule has 0 saturated heterocycles. The summed E-state index contributed by atoms with van der Waals surface area (Å²) >= 11 is 0. The van der Waals surface area contributed by atoms with Crippen molar-refractivity contribution in [3.8, 4) is 28.4 Å². The maximum Gasteiger partial charge on any atom is 0.303 e. The van der Waals surface area contributed by atoms with E-state index in [1.54, 1.807) is 14.2 Å². The topological polar surface area (TPSA) is 83.1 Å². The van der Waals surface area contributed by atoms with Crippen LogP contribution in [0, 0.1) is 0 Å². The fourth-order valence-electron chi connectivity index (χ4n) is 3.68. The second-order valence-electron chi connectivity index (χ2n) is 7.26. The Morgan fingerprint density at radius 2 is 1.79 bits per heavy atom. The van der Waals surface area contributed by atoms with Crippen molar-refractivity contribution in [1.29, 1.82) is 0 Å². The van der Waals surface area contributed by atoms with Gasteiger partial charge >= 0.3 is 5.97 Å². The van der Waals surface area contributed by atoms with E-state index < -0.39 is 5.60 Å². The van der Waals surface area contributed by atoms with Crippen molar-refractivity contribution in [3.05, 3.63) is 41.5 Å². The van der Waals surface area contributed by atoms with E-state index in [-0.39, 0.29) is 18.5 Å². The zero-order chi connectivity index (χ0) is 20.6. The van der Waals surface area contributed by atoms with Crippen molar-refractivity contribution in [1.82, 2.24) is 5.32 Å². The number of esters is 1. The summed E-state index contributed by atoms with van der Waals surface area (Å²) in [5, 5.41) is 2.86. The van der Waals surface area contributed by atoms with Crippen molar-refractivity contribution < 1.29 is 28.5 Å². The van der Waals surface area contributed by atoms with E-state index in [0.29, 0.717) is 29.4 Å². The standard InChI is InChI=1S/C22H23NO6/c1-13(24)29-22(9-10-22)12-28-19-15(7-8-18(26-2)20(19)27-3)14-5-4-6-16-17(14)11-23-21(16)25/h4-8H,9-12H2,1-3H3,(H,23,25). The summed E-state index contributed by atoms with van der Waals surface area (Å²) in [6, 6.07) is 9.30. The maximum atomic E-state index is 12.1. The van der Waals surface area contributed by atoms with Crippen LogP contribution in [0.3, 0.4) is 0 Å². The van der Waals surface area contributed by atoms with Gasteiger partial charge < -0.3 is 24.3 Å². The molecule has 2 aromatic rings. The van der Waals surface area contributed by atoms with Crippen LogP contribution in [0.15, 0.2) is 30.3 Å². The van der Waals surface area contributed by atoms with Gasteiger partial charge in [0.2, 0.25) is 5.75 Å². The number of carbonyl (C=O) groups excluding carboxylic acids is 2. The minimum Gasteiger partial charge on any atom is -0.493 e. The molecule has 1 aliphatic carbocycles. The molecule has 1 heterocycles. The Balaban J connectivity index is 1.77. The zero-order valence-electron chi connectivity index (χ0n) is 16.7. The molecule has 29 heavy (non-hydrogen) atoms. The van der Waals surface area contributed by atoms with E-state index in [2.05, 4.69) is 5.32 Å². The number of hydrogen-bond acceptors (Lipinski definition) is 6. The predicted molar refractivity (Wildman–Crippen MR) is 105 cm³/mol. The van der Waals surface area contributed by atoms with Gasteiger partial charge in [0.05, 0.1) is 14.2 Å². The van der Waals surface area contributed by atoms with E-state index in [9.17, 15) is 9.59 Å². The highest BCUT2D eigenvalue weighted by Gasteiger charge is 2.47. The van der Waals surface area contributed by atoms with Crippen LogP contribution in [0.4, 0.5) is 0 Å². The van der Waals surface area contributed by atoms with Gasteiger partial charge in [-0.25, -0.2) is 0 Å². The van der Waals surface area contributed by atoms with Gasteiger partial charge in [-0.3, -0.25) is 9.59 Å². The molecule has 0 bridgehead atoms. The summed E-state index contributed by atoms with van der Waals surface area (Å²) in [7, 11) is 3.11. The van der Waals surface area contributed by atoms with Crippen molar-refractivity contribution in [2.24, 2.45) is 0 Å². The summed E-state index contributed by atoms with van der Waals surface area (Å²) in [5.41, 5.74) is 2.65. The number of rotatable bonds is 7. The molecule has 0 aromatic heterocycles. The molecule has 1 aliphatic heterocycles. The summed E-state index contributed by atoms with van der Waals surface area (Å²) in [6.45, 7) is 2.07. The van der Waals surface area contributed by atoms with Crippen molar-refractivity contribution in [3.63, 3.8) is 0 Å². The minimum absolute atomic E-state index is 0.0865. The fraction of sp³-hybridized carbons (Fsp3) is 0.364. The summed E-state index contributed by atoms with van der Waals surface area (Å²) in [4.78, 5) is 23.5. The monoisotopic (exact) mass is 397 g/mol. The molecule has 1 fully saturated rings. The quantitative estimate of drug-likeness (QED) is 0.723. The zero-order valence-corrected chi connectivity index (χ0v) is 16.7. The van der Waals surface area contributed by atoms with E-state index in [0.717, 1.165) is 29.5 Å². The minimum atomic E-state index is -0.590. The highest BCUT2D eigenvalue weighted by Crippen LogP contribution is 2.48. The van der Waals surface area contributed by atoms with Gasteiger partial charge in [-0.1, -0.05) is 12.1 Å². The van der Waals surface area contributed by atoms with Gasteiger partial charge in [-0.15, -0.1) is 0 Å². The largest absolute Gasteiger partial charge is 0.493 e. The molecule has 7 heteroatoms. The van der Waals surface area contributed by atoms with Crippen LogP contribution in [-0.2, 0) is 16.1 Å².